The molecular formula is C12H16Cl2N4O. The Balaban J connectivity index is 0.000000902. The molecule has 0 unspecified atom stereocenters. The fraction of sp³-hybridized carbons (Fsp3) is 0.417. The molecule has 0 aliphatic carbocycles. The molecular weight excluding hydrogens is 287 g/mol. The van der Waals surface area contributed by atoms with Gasteiger partial charge in [0.2, 0.25) is 11.8 Å². The van der Waals surface area contributed by atoms with Gasteiger partial charge in [0, 0.05) is 18.3 Å². The van der Waals surface area contributed by atoms with Crippen molar-refractivity contribution < 1.29 is 4.42 Å². The highest BCUT2D eigenvalue weighted by Crippen LogP contribution is 2.26. The van der Waals surface area contributed by atoms with Gasteiger partial charge in [-0.3, -0.25) is 4.98 Å². The van der Waals surface area contributed by atoms with E-state index in [1.807, 2.05) is 12.1 Å². The lowest BCUT2D eigenvalue weighted by molar-refractivity contribution is 0.378. The van der Waals surface area contributed by atoms with Crippen molar-refractivity contribution >= 4 is 24.8 Å². The fourth-order valence-corrected chi connectivity index (χ4v) is 2.07. The van der Waals surface area contributed by atoms with Crippen LogP contribution < -0.4 is 5.32 Å². The van der Waals surface area contributed by atoms with E-state index in [-0.39, 0.29) is 24.8 Å². The van der Waals surface area contributed by atoms with Gasteiger partial charge in [0.05, 0.1) is 5.56 Å². The third kappa shape index (κ3) is 3.65. The second-order valence-corrected chi connectivity index (χ2v) is 4.21. The molecule has 1 fully saturated rings. The Hall–Kier alpha value is -1.17. The van der Waals surface area contributed by atoms with Gasteiger partial charge < -0.3 is 9.73 Å². The van der Waals surface area contributed by atoms with Crippen LogP contribution in [0.4, 0.5) is 0 Å². The Morgan fingerprint density at radius 3 is 2.63 bits per heavy atom. The molecule has 2 aromatic heterocycles. The summed E-state index contributed by atoms with van der Waals surface area (Å²) in [6, 6.07) is 3.79. The van der Waals surface area contributed by atoms with Crippen molar-refractivity contribution in [3.8, 4) is 11.5 Å². The van der Waals surface area contributed by atoms with Gasteiger partial charge >= 0.3 is 0 Å². The molecule has 0 saturated carbocycles. The quantitative estimate of drug-likeness (QED) is 0.923. The Morgan fingerprint density at radius 1 is 1.16 bits per heavy atom. The van der Waals surface area contributed by atoms with E-state index in [4.69, 9.17) is 4.42 Å². The van der Waals surface area contributed by atoms with E-state index in [1.54, 1.807) is 12.4 Å². The molecule has 7 heteroatoms. The molecule has 3 heterocycles. The molecule has 1 saturated heterocycles. The van der Waals surface area contributed by atoms with Crippen molar-refractivity contribution in [2.45, 2.75) is 18.8 Å². The van der Waals surface area contributed by atoms with E-state index in [0.29, 0.717) is 11.8 Å². The van der Waals surface area contributed by atoms with E-state index in [0.717, 1.165) is 37.4 Å². The zero-order valence-corrected chi connectivity index (χ0v) is 11.9. The third-order valence-corrected chi connectivity index (χ3v) is 3.04. The minimum atomic E-state index is 0. The highest BCUT2D eigenvalue weighted by molar-refractivity contribution is 5.85. The Morgan fingerprint density at radius 2 is 1.95 bits per heavy atom. The molecule has 0 bridgehead atoms. The van der Waals surface area contributed by atoms with Crippen molar-refractivity contribution in [3.05, 3.63) is 30.4 Å². The smallest absolute Gasteiger partial charge is 0.249 e. The van der Waals surface area contributed by atoms with Gasteiger partial charge in [0.1, 0.15) is 0 Å². The van der Waals surface area contributed by atoms with Gasteiger partial charge in [0.25, 0.3) is 0 Å². The number of aromatic nitrogens is 3. The number of piperidine rings is 1. The number of nitrogens with one attached hydrogen (secondary N) is 1. The van der Waals surface area contributed by atoms with Crippen molar-refractivity contribution in [1.82, 2.24) is 20.5 Å². The van der Waals surface area contributed by atoms with Crippen LogP contribution >= 0.6 is 24.8 Å². The largest absolute Gasteiger partial charge is 0.420 e. The van der Waals surface area contributed by atoms with E-state index in [2.05, 4.69) is 20.5 Å². The Labute approximate surface area is 124 Å². The zero-order valence-electron chi connectivity index (χ0n) is 10.3. The molecule has 1 aliphatic rings. The van der Waals surface area contributed by atoms with E-state index < -0.39 is 0 Å². The summed E-state index contributed by atoms with van der Waals surface area (Å²) in [5.41, 5.74) is 0.875. The summed E-state index contributed by atoms with van der Waals surface area (Å²) in [6.07, 6.45) is 5.59. The van der Waals surface area contributed by atoms with Crippen molar-refractivity contribution in [2.24, 2.45) is 0 Å². The maximum Gasteiger partial charge on any atom is 0.249 e. The second kappa shape index (κ2) is 7.43. The summed E-state index contributed by atoms with van der Waals surface area (Å²) in [5.74, 6) is 1.71. The maximum absolute atomic E-state index is 5.72. The first-order chi connectivity index (χ1) is 8.43. The third-order valence-electron chi connectivity index (χ3n) is 3.04. The van der Waals surface area contributed by atoms with Crippen LogP contribution in [0.15, 0.2) is 28.9 Å². The van der Waals surface area contributed by atoms with Crippen molar-refractivity contribution in [1.29, 1.82) is 0 Å². The van der Waals surface area contributed by atoms with Gasteiger partial charge in [-0.05, 0) is 38.1 Å². The van der Waals surface area contributed by atoms with Crippen LogP contribution in [0.25, 0.3) is 11.5 Å². The SMILES string of the molecule is Cl.Cl.c1cncc(-c2nnc(C3CCNCC3)o2)c1. The second-order valence-electron chi connectivity index (χ2n) is 4.21. The van der Waals surface area contributed by atoms with Gasteiger partial charge in [-0.25, -0.2) is 0 Å². The molecule has 0 aromatic carbocycles. The molecule has 0 amide bonds. The average Bonchev–Trinajstić information content (AvgIpc) is 2.90. The molecule has 0 radical (unpaired) electrons. The number of pyridine rings is 1. The Kier molecular flexibility index (Phi) is 6.21. The predicted molar refractivity (Wildman–Crippen MR) is 76.9 cm³/mol. The lowest BCUT2D eigenvalue weighted by atomic mass is 9.98. The van der Waals surface area contributed by atoms with Crippen molar-refractivity contribution in [3.63, 3.8) is 0 Å². The average molecular weight is 303 g/mol. The van der Waals surface area contributed by atoms with Crippen LogP contribution in [0.3, 0.4) is 0 Å². The molecule has 5 nitrogen and oxygen atoms in total. The first-order valence-corrected chi connectivity index (χ1v) is 5.88. The minimum absolute atomic E-state index is 0. The lowest BCUT2D eigenvalue weighted by Crippen LogP contribution is -2.26. The summed E-state index contributed by atoms with van der Waals surface area (Å²) in [7, 11) is 0. The summed E-state index contributed by atoms with van der Waals surface area (Å²) in [4.78, 5) is 4.05. The van der Waals surface area contributed by atoms with Crippen LogP contribution in [-0.4, -0.2) is 28.3 Å². The Bertz CT molecular complexity index is 485. The van der Waals surface area contributed by atoms with Crippen LogP contribution in [0.2, 0.25) is 0 Å². The lowest BCUT2D eigenvalue weighted by Gasteiger charge is -2.18. The monoisotopic (exact) mass is 302 g/mol. The van der Waals surface area contributed by atoms with Gasteiger partial charge in [0.15, 0.2) is 0 Å². The van der Waals surface area contributed by atoms with Crippen LogP contribution in [-0.2, 0) is 0 Å². The number of nitrogens with zero attached hydrogens (tertiary/aromatic N) is 3. The number of hydrogen-bond acceptors (Lipinski definition) is 5. The molecule has 0 spiro atoms. The highest BCUT2D eigenvalue weighted by atomic mass is 35.5. The molecule has 1 N–H and O–H groups in total. The predicted octanol–water partition coefficient (Wildman–Crippen LogP) is 2.44. The topological polar surface area (TPSA) is 63.8 Å². The summed E-state index contributed by atoms with van der Waals surface area (Å²) < 4.78 is 5.72. The number of halogens is 2. The molecule has 1 aliphatic heterocycles. The highest BCUT2D eigenvalue weighted by Gasteiger charge is 2.21. The fourth-order valence-electron chi connectivity index (χ4n) is 2.07. The normalized spacial score (nSPS) is 15.4. The minimum Gasteiger partial charge on any atom is -0.420 e. The molecule has 19 heavy (non-hydrogen) atoms. The molecule has 104 valence electrons. The summed E-state index contributed by atoms with van der Waals surface area (Å²) in [5, 5.41) is 11.6. The van der Waals surface area contributed by atoms with Gasteiger partial charge in [-0.2, -0.15) is 0 Å². The standard InChI is InChI=1S/C12H14N4O.2ClH/c1-2-10(8-14-5-1)12-16-15-11(17-12)9-3-6-13-7-4-9;;/h1-2,5,8-9,13H,3-4,6-7H2;2*1H. The van der Waals surface area contributed by atoms with Crippen molar-refractivity contribution in [2.75, 3.05) is 13.1 Å². The molecule has 3 rings (SSSR count). The van der Waals surface area contributed by atoms with Crippen LogP contribution in [0.1, 0.15) is 24.7 Å². The number of hydrogen-bond donors (Lipinski definition) is 1. The van der Waals surface area contributed by atoms with E-state index >= 15 is 0 Å². The van der Waals surface area contributed by atoms with E-state index in [9.17, 15) is 0 Å². The van der Waals surface area contributed by atoms with Gasteiger partial charge in [-0.1, -0.05) is 0 Å². The first-order valence-electron chi connectivity index (χ1n) is 5.88. The maximum atomic E-state index is 5.72. The first kappa shape index (κ1) is 15.9. The van der Waals surface area contributed by atoms with Crippen LogP contribution in [0, 0.1) is 0 Å². The molecule has 2 aromatic rings. The van der Waals surface area contributed by atoms with E-state index in [1.165, 1.54) is 0 Å². The molecule has 0 atom stereocenters. The number of rotatable bonds is 2. The summed E-state index contributed by atoms with van der Waals surface area (Å²) in [6.45, 7) is 2.05. The van der Waals surface area contributed by atoms with Crippen LogP contribution in [0.5, 0.6) is 0 Å². The zero-order chi connectivity index (χ0) is 11.5. The summed E-state index contributed by atoms with van der Waals surface area (Å²) >= 11 is 0. The van der Waals surface area contributed by atoms with Gasteiger partial charge in [-0.15, -0.1) is 35.0 Å².